The molecule has 0 aromatic rings. The lowest BCUT2D eigenvalue weighted by molar-refractivity contribution is 0.198. The third-order valence-corrected chi connectivity index (χ3v) is 11.6. The molecule has 1 aliphatic carbocycles. The van der Waals surface area contributed by atoms with Crippen molar-refractivity contribution in [2.75, 3.05) is 6.61 Å². The second-order valence-electron chi connectivity index (χ2n) is 6.78. The maximum absolute atomic E-state index is 6.32. The summed E-state index contributed by atoms with van der Waals surface area (Å²) in [5.74, 6) is 0.738. The minimum absolute atomic E-state index is 0.327. The Labute approximate surface area is 124 Å². The van der Waals surface area contributed by atoms with Crippen molar-refractivity contribution in [1.82, 2.24) is 0 Å². The van der Waals surface area contributed by atoms with Gasteiger partial charge in [-0.1, -0.05) is 52.6 Å². The van der Waals surface area contributed by atoms with E-state index in [4.69, 9.17) is 4.43 Å². The van der Waals surface area contributed by atoms with E-state index in [1.165, 1.54) is 19.3 Å². The summed E-state index contributed by atoms with van der Waals surface area (Å²) in [5, 5.41) is 0.327. The van der Waals surface area contributed by atoms with E-state index < -0.39 is 8.32 Å². The highest BCUT2D eigenvalue weighted by atomic mass is 79.9. The van der Waals surface area contributed by atoms with Gasteiger partial charge in [-0.15, -0.1) is 0 Å². The lowest BCUT2D eigenvalue weighted by Crippen LogP contribution is -2.42. The first-order valence-electron chi connectivity index (χ1n) is 6.55. The van der Waals surface area contributed by atoms with Gasteiger partial charge in [-0.3, -0.25) is 0 Å². The van der Waals surface area contributed by atoms with Gasteiger partial charge in [0.25, 0.3) is 0 Å². The van der Waals surface area contributed by atoms with Gasteiger partial charge in [0.05, 0.1) is 0 Å². The third kappa shape index (κ3) is 4.63. The highest BCUT2D eigenvalue weighted by Gasteiger charge is 2.38. The highest BCUT2D eigenvalue weighted by Crippen LogP contribution is 2.39. The Morgan fingerprint density at radius 2 is 1.71 bits per heavy atom. The van der Waals surface area contributed by atoms with Crippen molar-refractivity contribution in [2.45, 2.75) is 67.8 Å². The fourth-order valence-corrected chi connectivity index (χ4v) is 4.21. The van der Waals surface area contributed by atoms with E-state index in [2.05, 4.69) is 65.7 Å². The van der Waals surface area contributed by atoms with Crippen molar-refractivity contribution in [3.63, 3.8) is 0 Å². The summed E-state index contributed by atoms with van der Waals surface area (Å²) in [6, 6.07) is 0. The van der Waals surface area contributed by atoms with Crippen LogP contribution in [0.2, 0.25) is 18.1 Å². The molecule has 0 bridgehead atoms. The van der Waals surface area contributed by atoms with Crippen molar-refractivity contribution in [3.05, 3.63) is 0 Å². The first-order chi connectivity index (χ1) is 7.63. The minimum Gasteiger partial charge on any atom is -0.417 e. The van der Waals surface area contributed by atoms with Crippen LogP contribution in [0.5, 0.6) is 0 Å². The molecule has 0 saturated heterocycles. The largest absolute Gasteiger partial charge is 0.417 e. The Balaban J connectivity index is 2.41. The smallest absolute Gasteiger partial charge is 0.191 e. The third-order valence-electron chi connectivity index (χ3n) is 4.29. The van der Waals surface area contributed by atoms with Gasteiger partial charge >= 0.3 is 0 Å². The average Bonchev–Trinajstić information content (AvgIpc) is 2.18. The molecule has 0 aliphatic heterocycles. The first kappa shape index (κ1) is 16.2. The second-order valence-corrected chi connectivity index (χ2v) is 13.9. The van der Waals surface area contributed by atoms with Gasteiger partial charge in [-0.25, -0.2) is 0 Å². The van der Waals surface area contributed by atoms with Crippen LogP contribution in [0.4, 0.5) is 0 Å². The molecule has 0 radical (unpaired) electrons. The Morgan fingerprint density at radius 1 is 1.12 bits per heavy atom. The Kier molecular flexibility index (Phi) is 5.77. The summed E-state index contributed by atoms with van der Waals surface area (Å²) in [7, 11) is -1.55. The lowest BCUT2D eigenvalue weighted by atomic mass is 9.90. The standard InChI is InChI=1S/C13H26Br2OSi/c1-13(2,3)17(4,5)16-9-10-6-7-11(14)12(15)8-10/h10-12H,6-9H2,1-5H3/t10?,11-,12-/m0/s1. The predicted octanol–water partition coefficient (Wildman–Crippen LogP) is 5.34. The van der Waals surface area contributed by atoms with Crippen LogP contribution >= 0.6 is 31.9 Å². The van der Waals surface area contributed by atoms with Crippen LogP contribution in [0.25, 0.3) is 0 Å². The molecular weight excluding hydrogens is 360 g/mol. The minimum atomic E-state index is -1.55. The molecule has 1 unspecified atom stereocenters. The fraction of sp³-hybridized carbons (Fsp3) is 1.00. The van der Waals surface area contributed by atoms with Crippen molar-refractivity contribution in [3.8, 4) is 0 Å². The molecule has 0 aromatic carbocycles. The van der Waals surface area contributed by atoms with Gasteiger partial charge < -0.3 is 4.43 Å². The number of hydrogen-bond acceptors (Lipinski definition) is 1. The Bertz CT molecular complexity index is 250. The van der Waals surface area contributed by atoms with Crippen LogP contribution in [-0.2, 0) is 4.43 Å². The zero-order chi connectivity index (χ0) is 13.3. The summed E-state index contributed by atoms with van der Waals surface area (Å²) in [5.41, 5.74) is 0. The zero-order valence-electron chi connectivity index (χ0n) is 11.7. The normalized spacial score (nSPS) is 31.6. The molecule has 1 aliphatic rings. The quantitative estimate of drug-likeness (QED) is 0.470. The Morgan fingerprint density at radius 3 is 2.18 bits per heavy atom. The van der Waals surface area contributed by atoms with Gasteiger partial charge in [-0.2, -0.15) is 0 Å². The van der Waals surface area contributed by atoms with E-state index in [9.17, 15) is 0 Å². The molecule has 0 heterocycles. The summed E-state index contributed by atoms with van der Waals surface area (Å²) < 4.78 is 6.32. The maximum atomic E-state index is 6.32. The number of alkyl halides is 2. The summed E-state index contributed by atoms with van der Waals surface area (Å²) in [4.78, 5) is 1.26. The average molecular weight is 386 g/mol. The van der Waals surface area contributed by atoms with Crippen molar-refractivity contribution < 1.29 is 4.43 Å². The maximum Gasteiger partial charge on any atom is 0.191 e. The molecule has 0 N–H and O–H groups in total. The Hall–Kier alpha value is 1.14. The van der Waals surface area contributed by atoms with E-state index in [0.29, 0.717) is 14.7 Å². The monoisotopic (exact) mass is 384 g/mol. The van der Waals surface area contributed by atoms with Crippen LogP contribution < -0.4 is 0 Å². The van der Waals surface area contributed by atoms with Crippen molar-refractivity contribution in [2.24, 2.45) is 5.92 Å². The SMILES string of the molecule is CC(C)(C)[Si](C)(C)OCC1CC[C@H](Br)[C@@H](Br)C1. The summed E-state index contributed by atoms with van der Waals surface area (Å²) in [6.07, 6.45) is 3.80. The number of hydrogen-bond donors (Lipinski definition) is 0. The fourth-order valence-electron chi connectivity index (χ4n) is 1.85. The predicted molar refractivity (Wildman–Crippen MR) is 85.9 cm³/mol. The molecular formula is C13H26Br2OSi. The summed E-state index contributed by atoms with van der Waals surface area (Å²) in [6.45, 7) is 12.6. The van der Waals surface area contributed by atoms with Gasteiger partial charge in [0.2, 0.25) is 0 Å². The first-order valence-corrected chi connectivity index (χ1v) is 11.3. The van der Waals surface area contributed by atoms with Gasteiger partial charge in [0.15, 0.2) is 8.32 Å². The van der Waals surface area contributed by atoms with Gasteiger partial charge in [0, 0.05) is 16.3 Å². The molecule has 102 valence electrons. The van der Waals surface area contributed by atoms with Crippen LogP contribution in [0, 0.1) is 5.92 Å². The molecule has 1 rings (SSSR count). The molecule has 0 spiro atoms. The van der Waals surface area contributed by atoms with Gasteiger partial charge in [0.1, 0.15) is 0 Å². The molecule has 0 aromatic heterocycles. The molecule has 4 heteroatoms. The molecule has 3 atom stereocenters. The topological polar surface area (TPSA) is 9.23 Å². The summed E-state index contributed by atoms with van der Waals surface area (Å²) >= 11 is 7.49. The van der Waals surface area contributed by atoms with E-state index >= 15 is 0 Å². The van der Waals surface area contributed by atoms with Crippen LogP contribution in [0.15, 0.2) is 0 Å². The molecule has 1 nitrogen and oxygen atoms in total. The number of halogens is 2. The van der Waals surface area contributed by atoms with Crippen LogP contribution in [-0.4, -0.2) is 24.6 Å². The van der Waals surface area contributed by atoms with E-state index in [1.807, 2.05) is 0 Å². The molecule has 17 heavy (non-hydrogen) atoms. The van der Waals surface area contributed by atoms with Crippen LogP contribution in [0.3, 0.4) is 0 Å². The van der Waals surface area contributed by atoms with Gasteiger partial charge in [-0.05, 0) is 43.3 Å². The molecule has 1 saturated carbocycles. The number of rotatable bonds is 3. The van der Waals surface area contributed by atoms with Crippen molar-refractivity contribution >= 4 is 40.2 Å². The molecule has 1 fully saturated rings. The van der Waals surface area contributed by atoms with Crippen molar-refractivity contribution in [1.29, 1.82) is 0 Å². The van der Waals surface area contributed by atoms with Crippen LogP contribution in [0.1, 0.15) is 40.0 Å². The van der Waals surface area contributed by atoms with E-state index in [1.54, 1.807) is 0 Å². The van der Waals surface area contributed by atoms with E-state index in [0.717, 1.165) is 12.5 Å². The zero-order valence-corrected chi connectivity index (χ0v) is 15.9. The second kappa shape index (κ2) is 6.06. The highest BCUT2D eigenvalue weighted by molar-refractivity contribution is 9.12. The molecule has 0 amide bonds. The lowest BCUT2D eigenvalue weighted by Gasteiger charge is -2.38. The van der Waals surface area contributed by atoms with E-state index in [-0.39, 0.29) is 0 Å².